The van der Waals surface area contributed by atoms with Gasteiger partial charge in [-0.15, -0.1) is 0 Å². The molecule has 1 amide bonds. The number of hydrogen-bond donors (Lipinski definition) is 1. The molecule has 0 bridgehead atoms. The zero-order valence-corrected chi connectivity index (χ0v) is 11.6. The lowest BCUT2D eigenvalue weighted by atomic mass is 10.2. The van der Waals surface area contributed by atoms with Crippen LogP contribution in [0.25, 0.3) is 0 Å². The summed E-state index contributed by atoms with van der Waals surface area (Å²) in [6, 6.07) is -0.156. The van der Waals surface area contributed by atoms with Gasteiger partial charge in [0.15, 0.2) is 0 Å². The van der Waals surface area contributed by atoms with E-state index in [-0.39, 0.29) is 17.7 Å². The van der Waals surface area contributed by atoms with Gasteiger partial charge in [-0.1, -0.05) is 11.6 Å². The molecule has 16 heavy (non-hydrogen) atoms. The fraction of sp³-hybridized carbons (Fsp3) is 0.909. The van der Waals surface area contributed by atoms with Crippen molar-refractivity contribution < 1.29 is 14.3 Å². The van der Waals surface area contributed by atoms with E-state index in [2.05, 4.69) is 5.32 Å². The number of alkyl carbamates (subject to hydrolysis) is 1. The Morgan fingerprint density at radius 2 is 1.75 bits per heavy atom. The van der Waals surface area contributed by atoms with Gasteiger partial charge in [0.25, 0.3) is 0 Å². The van der Waals surface area contributed by atoms with Gasteiger partial charge in [0.1, 0.15) is 11.2 Å². The molecule has 1 N–H and O–H groups in total. The normalized spacial score (nSPS) is 17.4. The predicted octanol–water partition coefficient (Wildman–Crippen LogP) is 2.89. The van der Waals surface area contributed by atoms with E-state index in [0.717, 1.165) is 0 Å². The molecule has 0 aromatic carbocycles. The summed E-state index contributed by atoms with van der Waals surface area (Å²) >= 11 is 5.69. The van der Waals surface area contributed by atoms with Crippen LogP contribution in [-0.2, 0) is 9.47 Å². The van der Waals surface area contributed by atoms with Gasteiger partial charge in [-0.2, -0.15) is 0 Å². The summed E-state index contributed by atoms with van der Waals surface area (Å²) < 4.78 is 10.5. The third-order valence-corrected chi connectivity index (χ3v) is 1.95. The van der Waals surface area contributed by atoms with Crippen molar-refractivity contribution in [3.05, 3.63) is 0 Å². The van der Waals surface area contributed by atoms with E-state index in [1.54, 1.807) is 6.92 Å². The number of halogens is 1. The number of alkyl halides is 1. The predicted molar refractivity (Wildman–Crippen MR) is 64.7 cm³/mol. The Balaban J connectivity index is 4.04. The topological polar surface area (TPSA) is 47.6 Å². The van der Waals surface area contributed by atoms with E-state index in [0.29, 0.717) is 0 Å². The summed E-state index contributed by atoms with van der Waals surface area (Å²) in [5, 5.41) is 2.70. The van der Waals surface area contributed by atoms with Crippen LogP contribution < -0.4 is 5.32 Å². The van der Waals surface area contributed by atoms with Crippen LogP contribution >= 0.6 is 11.6 Å². The quantitative estimate of drug-likeness (QED) is 0.782. The Hall–Kier alpha value is -0.480. The molecule has 0 heterocycles. The van der Waals surface area contributed by atoms with Gasteiger partial charge in [0.2, 0.25) is 0 Å². The third kappa shape index (κ3) is 7.77. The van der Waals surface area contributed by atoms with Crippen LogP contribution in [0.15, 0.2) is 0 Å². The maximum atomic E-state index is 11.4. The minimum atomic E-state index is -0.492. The largest absolute Gasteiger partial charge is 0.444 e. The Morgan fingerprint density at radius 1 is 1.25 bits per heavy atom. The van der Waals surface area contributed by atoms with Crippen LogP contribution in [0.1, 0.15) is 41.5 Å². The lowest BCUT2D eigenvalue weighted by molar-refractivity contribution is 0.0179. The van der Waals surface area contributed by atoms with Gasteiger partial charge in [0, 0.05) is 0 Å². The average molecular weight is 252 g/mol. The molecule has 96 valence electrons. The maximum Gasteiger partial charge on any atom is 0.407 e. The Labute approximate surface area is 103 Å². The number of ether oxygens (including phenoxy) is 2. The standard InChI is InChI=1S/C11H22ClNO3/c1-7(8(2)15-9(3)12)13-10(14)16-11(4,5)6/h7-9H,1-6H3,(H,13,14). The lowest BCUT2D eigenvalue weighted by Crippen LogP contribution is -2.44. The highest BCUT2D eigenvalue weighted by Crippen LogP contribution is 2.09. The van der Waals surface area contributed by atoms with Crippen molar-refractivity contribution in [1.82, 2.24) is 5.32 Å². The molecule has 0 spiro atoms. The molecule has 0 rings (SSSR count). The van der Waals surface area contributed by atoms with Crippen molar-refractivity contribution >= 4 is 17.7 Å². The van der Waals surface area contributed by atoms with Crippen molar-refractivity contribution in [1.29, 1.82) is 0 Å². The van der Waals surface area contributed by atoms with Crippen molar-refractivity contribution in [2.75, 3.05) is 0 Å². The maximum absolute atomic E-state index is 11.4. The van der Waals surface area contributed by atoms with Gasteiger partial charge in [-0.25, -0.2) is 4.79 Å². The molecule has 0 aliphatic carbocycles. The molecule has 5 heteroatoms. The molecule has 3 atom stereocenters. The second-order valence-electron chi connectivity index (χ2n) is 4.82. The SMILES string of the molecule is CC(Cl)OC(C)C(C)NC(=O)OC(C)(C)C. The van der Waals surface area contributed by atoms with Crippen molar-refractivity contribution in [3.8, 4) is 0 Å². The molecule has 0 aliphatic rings. The van der Waals surface area contributed by atoms with Gasteiger partial charge in [-0.3, -0.25) is 0 Å². The minimum Gasteiger partial charge on any atom is -0.444 e. The number of rotatable bonds is 4. The average Bonchev–Trinajstić information content (AvgIpc) is 1.98. The van der Waals surface area contributed by atoms with E-state index < -0.39 is 11.7 Å². The molecular weight excluding hydrogens is 230 g/mol. The first-order chi connectivity index (χ1) is 7.11. The zero-order valence-electron chi connectivity index (χ0n) is 10.8. The van der Waals surface area contributed by atoms with Crippen molar-refractivity contribution in [3.63, 3.8) is 0 Å². The zero-order chi connectivity index (χ0) is 12.9. The molecular formula is C11H22ClNO3. The number of nitrogens with one attached hydrogen (secondary N) is 1. The molecule has 0 aromatic rings. The van der Waals surface area contributed by atoms with Crippen LogP contribution in [0.2, 0.25) is 0 Å². The van der Waals surface area contributed by atoms with E-state index >= 15 is 0 Å². The lowest BCUT2D eigenvalue weighted by Gasteiger charge is -2.25. The van der Waals surface area contributed by atoms with E-state index in [1.807, 2.05) is 34.6 Å². The monoisotopic (exact) mass is 251 g/mol. The summed E-state index contributed by atoms with van der Waals surface area (Å²) in [4.78, 5) is 11.4. The van der Waals surface area contributed by atoms with Gasteiger partial charge < -0.3 is 14.8 Å². The second-order valence-corrected chi connectivity index (χ2v) is 5.43. The molecule has 3 unspecified atom stereocenters. The molecule has 0 fully saturated rings. The fourth-order valence-corrected chi connectivity index (χ4v) is 1.19. The van der Waals surface area contributed by atoms with Crippen LogP contribution in [0.5, 0.6) is 0 Å². The summed E-state index contributed by atoms with van der Waals surface area (Å²) in [6.45, 7) is 10.9. The van der Waals surface area contributed by atoms with Crippen LogP contribution in [-0.4, -0.2) is 29.4 Å². The number of hydrogen-bond acceptors (Lipinski definition) is 3. The van der Waals surface area contributed by atoms with Crippen molar-refractivity contribution in [2.45, 2.75) is 64.9 Å². The Kier molecular flexibility index (Phi) is 6.11. The molecule has 0 radical (unpaired) electrons. The number of carbonyl (C=O) groups is 1. The molecule has 0 aromatic heterocycles. The molecule has 0 saturated carbocycles. The number of carbonyl (C=O) groups excluding carboxylic acids is 1. The van der Waals surface area contributed by atoms with E-state index in [1.165, 1.54) is 0 Å². The van der Waals surface area contributed by atoms with Gasteiger partial charge >= 0.3 is 6.09 Å². The van der Waals surface area contributed by atoms with E-state index in [9.17, 15) is 4.79 Å². The highest BCUT2D eigenvalue weighted by molar-refractivity contribution is 6.19. The molecule has 0 aliphatic heterocycles. The second kappa shape index (κ2) is 6.30. The summed E-state index contributed by atoms with van der Waals surface area (Å²) in [5.41, 5.74) is -0.869. The first kappa shape index (κ1) is 15.5. The van der Waals surface area contributed by atoms with Crippen LogP contribution in [0.4, 0.5) is 4.79 Å². The van der Waals surface area contributed by atoms with Crippen LogP contribution in [0.3, 0.4) is 0 Å². The molecule has 0 saturated heterocycles. The summed E-state index contributed by atoms with van der Waals surface area (Å²) in [6.07, 6.45) is -0.613. The Bertz CT molecular complexity index is 226. The first-order valence-electron chi connectivity index (χ1n) is 5.41. The summed E-state index contributed by atoms with van der Waals surface area (Å²) in [5.74, 6) is 0. The Morgan fingerprint density at radius 3 is 2.12 bits per heavy atom. The summed E-state index contributed by atoms with van der Waals surface area (Å²) in [7, 11) is 0. The van der Waals surface area contributed by atoms with Crippen molar-refractivity contribution in [2.24, 2.45) is 0 Å². The van der Waals surface area contributed by atoms with Gasteiger partial charge in [0.05, 0.1) is 12.1 Å². The highest BCUT2D eigenvalue weighted by atomic mass is 35.5. The third-order valence-electron chi connectivity index (χ3n) is 1.85. The van der Waals surface area contributed by atoms with E-state index in [4.69, 9.17) is 21.1 Å². The number of amides is 1. The van der Waals surface area contributed by atoms with Gasteiger partial charge in [-0.05, 0) is 41.5 Å². The minimum absolute atomic E-state index is 0.156. The first-order valence-corrected chi connectivity index (χ1v) is 5.84. The van der Waals surface area contributed by atoms with Crippen LogP contribution in [0, 0.1) is 0 Å². The smallest absolute Gasteiger partial charge is 0.407 e. The fourth-order valence-electron chi connectivity index (χ4n) is 1.02. The molecule has 4 nitrogen and oxygen atoms in total. The highest BCUT2D eigenvalue weighted by Gasteiger charge is 2.21.